The van der Waals surface area contributed by atoms with Gasteiger partial charge in [0, 0.05) is 6.42 Å². The summed E-state index contributed by atoms with van der Waals surface area (Å²) in [5.74, 6) is 4.40. The summed E-state index contributed by atoms with van der Waals surface area (Å²) >= 11 is 0. The second-order valence-corrected chi connectivity index (χ2v) is 1.44. The van der Waals surface area contributed by atoms with Crippen LogP contribution in [-0.2, 0) is 0 Å². The molecule has 1 rings (SSSR count). The Balaban J connectivity index is 2.50. The van der Waals surface area contributed by atoms with Gasteiger partial charge < -0.3 is 0 Å². The summed E-state index contributed by atoms with van der Waals surface area (Å²) < 4.78 is 23.6. The van der Waals surface area contributed by atoms with Crippen LogP contribution in [0.1, 0.15) is 6.42 Å². The molecule has 0 saturated heterocycles. The van der Waals surface area contributed by atoms with Crippen molar-refractivity contribution >= 4 is 0 Å². The molecule has 0 radical (unpaired) electrons. The van der Waals surface area contributed by atoms with Gasteiger partial charge in [0.1, 0.15) is 0 Å². The fourth-order valence-corrected chi connectivity index (χ4v) is 0.448. The van der Waals surface area contributed by atoms with Crippen molar-refractivity contribution < 1.29 is 8.78 Å². The zero-order chi connectivity index (χ0) is 5.28. The van der Waals surface area contributed by atoms with Gasteiger partial charge in [0.05, 0.1) is 0 Å². The van der Waals surface area contributed by atoms with Gasteiger partial charge in [0.15, 0.2) is 12.3 Å². The zero-order valence-corrected chi connectivity index (χ0v) is 3.62. The molecule has 7 heavy (non-hydrogen) atoms. The quantitative estimate of drug-likeness (QED) is 0.401. The summed E-state index contributed by atoms with van der Waals surface area (Å²) in [6.07, 6.45) is -2.82. The third-order valence-electron chi connectivity index (χ3n) is 0.855. The highest BCUT2D eigenvalue weighted by atomic mass is 19.2. The van der Waals surface area contributed by atoms with E-state index in [1.165, 1.54) is 0 Å². The third kappa shape index (κ3) is 0.714. The minimum Gasteiger partial charge on any atom is -0.242 e. The molecule has 0 bridgehead atoms. The largest absolute Gasteiger partial charge is 0.242 e. The van der Waals surface area contributed by atoms with Crippen LogP contribution in [0.2, 0.25) is 0 Å². The average Bonchev–Trinajstić information content (AvgIpc) is 1.91. The van der Waals surface area contributed by atoms with Crippen LogP contribution in [0.3, 0.4) is 0 Å². The molecule has 0 fully saturated rings. The predicted octanol–water partition coefficient (Wildman–Crippen LogP) is 1.07. The van der Waals surface area contributed by atoms with Gasteiger partial charge in [-0.2, -0.15) is 0 Å². The van der Waals surface area contributed by atoms with Gasteiger partial charge in [-0.25, -0.2) is 8.78 Å². The van der Waals surface area contributed by atoms with E-state index in [4.69, 9.17) is 0 Å². The number of alkyl halides is 2. The molecule has 0 aliphatic heterocycles. The Bertz CT molecular complexity index is 120. The van der Waals surface area contributed by atoms with Crippen LogP contribution < -0.4 is 0 Å². The molecule has 2 atom stereocenters. The van der Waals surface area contributed by atoms with Gasteiger partial charge in [-0.05, 0) is 0 Å². The molecule has 2 heteroatoms. The SMILES string of the molecule is FC1C#CCC1F. The standard InChI is InChI=1S/C5H4F2/c6-4-2-1-3-5(4)7/h4-5H,2H2. The summed E-state index contributed by atoms with van der Waals surface area (Å²) in [5, 5.41) is 0. The molecule has 0 nitrogen and oxygen atoms in total. The Hall–Kier alpha value is -0.580. The summed E-state index contributed by atoms with van der Waals surface area (Å²) in [6, 6.07) is 0. The molecule has 0 spiro atoms. The van der Waals surface area contributed by atoms with Crippen molar-refractivity contribution in [3.63, 3.8) is 0 Å². The Morgan fingerprint density at radius 1 is 1.43 bits per heavy atom. The first-order valence-corrected chi connectivity index (χ1v) is 2.07. The fraction of sp³-hybridized carbons (Fsp3) is 0.600. The minimum absolute atomic E-state index is 0.0706. The third-order valence-corrected chi connectivity index (χ3v) is 0.855. The topological polar surface area (TPSA) is 0 Å². The number of halogens is 2. The van der Waals surface area contributed by atoms with Crippen molar-refractivity contribution in [2.45, 2.75) is 18.8 Å². The Morgan fingerprint density at radius 2 is 2.14 bits per heavy atom. The Morgan fingerprint density at radius 3 is 2.29 bits per heavy atom. The molecule has 0 saturated carbocycles. The molecule has 0 aromatic rings. The van der Waals surface area contributed by atoms with Crippen LogP contribution >= 0.6 is 0 Å². The van der Waals surface area contributed by atoms with Gasteiger partial charge >= 0.3 is 0 Å². The first-order valence-electron chi connectivity index (χ1n) is 2.07. The van der Waals surface area contributed by atoms with E-state index in [-0.39, 0.29) is 6.42 Å². The van der Waals surface area contributed by atoms with Crippen molar-refractivity contribution in [1.29, 1.82) is 0 Å². The summed E-state index contributed by atoms with van der Waals surface area (Å²) in [5.41, 5.74) is 0. The fourth-order valence-electron chi connectivity index (χ4n) is 0.448. The molecule has 0 aromatic carbocycles. The van der Waals surface area contributed by atoms with Crippen LogP contribution in [-0.4, -0.2) is 12.3 Å². The maximum atomic E-state index is 11.8. The first kappa shape index (κ1) is 4.58. The zero-order valence-electron chi connectivity index (χ0n) is 3.62. The Labute approximate surface area is 40.5 Å². The van der Waals surface area contributed by atoms with E-state index < -0.39 is 12.3 Å². The van der Waals surface area contributed by atoms with Crippen LogP contribution in [0.15, 0.2) is 0 Å². The smallest absolute Gasteiger partial charge is 0.192 e. The maximum absolute atomic E-state index is 11.8. The highest BCUT2D eigenvalue weighted by Crippen LogP contribution is 2.11. The molecule has 0 heterocycles. The van der Waals surface area contributed by atoms with Crippen LogP contribution in [0, 0.1) is 11.8 Å². The molecule has 0 amide bonds. The summed E-state index contributed by atoms with van der Waals surface area (Å²) in [6.45, 7) is 0. The van der Waals surface area contributed by atoms with Crippen LogP contribution in [0.25, 0.3) is 0 Å². The maximum Gasteiger partial charge on any atom is 0.192 e. The Kier molecular flexibility index (Phi) is 0.976. The van der Waals surface area contributed by atoms with E-state index in [9.17, 15) is 8.78 Å². The monoisotopic (exact) mass is 102 g/mol. The van der Waals surface area contributed by atoms with Crippen LogP contribution in [0.4, 0.5) is 8.78 Å². The molecule has 0 aromatic heterocycles. The van der Waals surface area contributed by atoms with Crippen molar-refractivity contribution in [2.24, 2.45) is 0 Å². The van der Waals surface area contributed by atoms with E-state index in [1.807, 2.05) is 0 Å². The average molecular weight is 102 g/mol. The molecule has 2 unspecified atom stereocenters. The van der Waals surface area contributed by atoms with Crippen LogP contribution in [0.5, 0.6) is 0 Å². The molecular weight excluding hydrogens is 98.1 g/mol. The van der Waals surface area contributed by atoms with E-state index in [2.05, 4.69) is 11.8 Å². The number of hydrogen-bond donors (Lipinski definition) is 0. The predicted molar refractivity (Wildman–Crippen MR) is 22.2 cm³/mol. The molecule has 38 valence electrons. The lowest BCUT2D eigenvalue weighted by atomic mass is 10.3. The number of hydrogen-bond acceptors (Lipinski definition) is 0. The minimum atomic E-state index is -1.51. The van der Waals surface area contributed by atoms with Gasteiger partial charge in [0.25, 0.3) is 0 Å². The molecule has 0 N–H and O–H groups in total. The highest BCUT2D eigenvalue weighted by Gasteiger charge is 2.20. The van der Waals surface area contributed by atoms with Gasteiger partial charge in [0.2, 0.25) is 0 Å². The highest BCUT2D eigenvalue weighted by molar-refractivity contribution is 5.15. The lowest BCUT2D eigenvalue weighted by Gasteiger charge is -1.95. The van der Waals surface area contributed by atoms with Crippen molar-refractivity contribution in [2.75, 3.05) is 0 Å². The summed E-state index contributed by atoms with van der Waals surface area (Å²) in [4.78, 5) is 0. The van der Waals surface area contributed by atoms with E-state index >= 15 is 0 Å². The normalized spacial score (nSPS) is 37.4. The lowest BCUT2D eigenvalue weighted by Crippen LogP contribution is -2.08. The van der Waals surface area contributed by atoms with Gasteiger partial charge in [-0.15, -0.1) is 0 Å². The first-order chi connectivity index (χ1) is 3.30. The van der Waals surface area contributed by atoms with E-state index in [0.717, 1.165) is 0 Å². The second-order valence-electron chi connectivity index (χ2n) is 1.44. The lowest BCUT2D eigenvalue weighted by molar-refractivity contribution is 0.225. The van der Waals surface area contributed by atoms with Crippen molar-refractivity contribution in [3.8, 4) is 11.8 Å². The van der Waals surface area contributed by atoms with Crippen molar-refractivity contribution in [1.82, 2.24) is 0 Å². The van der Waals surface area contributed by atoms with E-state index in [1.54, 1.807) is 0 Å². The summed E-state index contributed by atoms with van der Waals surface area (Å²) in [7, 11) is 0. The molecule has 1 aliphatic rings. The molecular formula is C5H4F2. The van der Waals surface area contributed by atoms with Gasteiger partial charge in [-0.3, -0.25) is 0 Å². The van der Waals surface area contributed by atoms with E-state index in [0.29, 0.717) is 0 Å². The van der Waals surface area contributed by atoms with Crippen molar-refractivity contribution in [3.05, 3.63) is 0 Å². The van der Waals surface area contributed by atoms with Gasteiger partial charge in [-0.1, -0.05) is 11.8 Å². The molecule has 1 aliphatic carbocycles. The number of rotatable bonds is 0. The second kappa shape index (κ2) is 1.49.